The molecule has 6 nitrogen and oxygen atoms in total. The second kappa shape index (κ2) is 6.06. The molecule has 2 heterocycles. The average molecular weight is 303 g/mol. The minimum absolute atomic E-state index is 0.0116. The Balaban J connectivity index is 2.07. The Morgan fingerprint density at radius 1 is 1.36 bits per heavy atom. The molecule has 1 saturated heterocycles. The topological polar surface area (TPSA) is 56.6 Å². The molecule has 0 bridgehead atoms. The fraction of sp³-hybridized carbons (Fsp3) is 0.500. The Kier molecular flexibility index (Phi) is 4.13. The lowest BCUT2D eigenvalue weighted by Gasteiger charge is -2.20. The highest BCUT2D eigenvalue weighted by atomic mass is 16.5. The van der Waals surface area contributed by atoms with Gasteiger partial charge in [-0.25, -0.2) is 4.98 Å². The Morgan fingerprint density at radius 3 is 2.91 bits per heavy atom. The maximum Gasteiger partial charge on any atom is 0.261 e. The van der Waals surface area contributed by atoms with Crippen LogP contribution >= 0.6 is 0 Å². The van der Waals surface area contributed by atoms with E-state index in [1.807, 2.05) is 20.0 Å². The van der Waals surface area contributed by atoms with Crippen LogP contribution in [0.15, 0.2) is 29.3 Å². The van der Waals surface area contributed by atoms with E-state index in [4.69, 9.17) is 9.47 Å². The molecule has 118 valence electrons. The molecule has 0 radical (unpaired) electrons. The summed E-state index contributed by atoms with van der Waals surface area (Å²) < 4.78 is 12.7. The third-order valence-corrected chi connectivity index (χ3v) is 4.15. The van der Waals surface area contributed by atoms with Crippen molar-refractivity contribution in [3.05, 3.63) is 34.9 Å². The molecular formula is C16H21N3O3. The van der Waals surface area contributed by atoms with Crippen LogP contribution in [0.1, 0.15) is 13.0 Å². The zero-order valence-electron chi connectivity index (χ0n) is 13.2. The first-order valence-corrected chi connectivity index (χ1v) is 7.49. The number of nitrogens with zero attached hydrogens (tertiary/aromatic N) is 3. The van der Waals surface area contributed by atoms with Gasteiger partial charge in [0, 0.05) is 19.7 Å². The van der Waals surface area contributed by atoms with Gasteiger partial charge in [0.2, 0.25) is 0 Å². The molecule has 3 rings (SSSR count). The van der Waals surface area contributed by atoms with E-state index < -0.39 is 0 Å². The van der Waals surface area contributed by atoms with Crippen molar-refractivity contribution < 1.29 is 9.47 Å². The van der Waals surface area contributed by atoms with E-state index in [2.05, 4.69) is 9.88 Å². The number of benzene rings is 1. The maximum absolute atomic E-state index is 12.8. The Bertz CT molecular complexity index is 728. The summed E-state index contributed by atoms with van der Waals surface area (Å²) in [5.74, 6) is 0.661. The zero-order chi connectivity index (χ0) is 15.7. The van der Waals surface area contributed by atoms with E-state index in [0.717, 1.165) is 13.1 Å². The van der Waals surface area contributed by atoms with E-state index in [9.17, 15) is 4.79 Å². The summed E-state index contributed by atoms with van der Waals surface area (Å²) in [5, 5.41) is 0.576. The fourth-order valence-electron chi connectivity index (χ4n) is 3.06. The first-order chi connectivity index (χ1) is 10.6. The zero-order valence-corrected chi connectivity index (χ0v) is 13.2. The molecule has 0 saturated carbocycles. The van der Waals surface area contributed by atoms with Gasteiger partial charge in [0.15, 0.2) is 0 Å². The number of likely N-dealkylation sites (tertiary alicyclic amines) is 1. The van der Waals surface area contributed by atoms with Gasteiger partial charge in [-0.1, -0.05) is 0 Å². The van der Waals surface area contributed by atoms with Crippen molar-refractivity contribution in [1.29, 1.82) is 0 Å². The second-order valence-electron chi connectivity index (χ2n) is 5.62. The van der Waals surface area contributed by atoms with Crippen LogP contribution < -0.4 is 10.3 Å². The predicted octanol–water partition coefficient (Wildman–Crippen LogP) is 1.30. The molecule has 1 aliphatic rings. The van der Waals surface area contributed by atoms with Gasteiger partial charge in [0.25, 0.3) is 5.56 Å². The first kappa shape index (κ1) is 15.0. The normalized spacial score (nSPS) is 22.3. The summed E-state index contributed by atoms with van der Waals surface area (Å²) >= 11 is 0. The van der Waals surface area contributed by atoms with E-state index >= 15 is 0 Å². The number of ether oxygens (including phenoxy) is 2. The molecule has 0 amide bonds. The predicted molar refractivity (Wildman–Crippen MR) is 84.5 cm³/mol. The van der Waals surface area contributed by atoms with Crippen molar-refractivity contribution in [2.45, 2.75) is 19.1 Å². The van der Waals surface area contributed by atoms with Crippen molar-refractivity contribution in [2.75, 3.05) is 33.9 Å². The fourth-order valence-corrected chi connectivity index (χ4v) is 3.06. The van der Waals surface area contributed by atoms with Crippen molar-refractivity contribution in [3.8, 4) is 5.75 Å². The van der Waals surface area contributed by atoms with E-state index in [1.54, 1.807) is 30.1 Å². The molecule has 0 aliphatic carbocycles. The van der Waals surface area contributed by atoms with Gasteiger partial charge in [-0.15, -0.1) is 0 Å². The van der Waals surface area contributed by atoms with Crippen molar-refractivity contribution in [3.63, 3.8) is 0 Å². The number of likely N-dealkylation sites (N-methyl/N-ethyl adjacent to an activating group) is 1. The third-order valence-electron chi connectivity index (χ3n) is 4.15. The number of methoxy groups -OCH3 is 1. The van der Waals surface area contributed by atoms with Crippen LogP contribution in [0.3, 0.4) is 0 Å². The van der Waals surface area contributed by atoms with Crippen molar-refractivity contribution in [2.24, 2.45) is 0 Å². The highest BCUT2D eigenvalue weighted by Gasteiger charge is 2.33. The number of aromatic nitrogens is 2. The molecule has 0 spiro atoms. The van der Waals surface area contributed by atoms with Gasteiger partial charge in [0.05, 0.1) is 36.5 Å². The van der Waals surface area contributed by atoms with Gasteiger partial charge >= 0.3 is 0 Å². The smallest absolute Gasteiger partial charge is 0.261 e. The minimum atomic E-state index is -0.0473. The molecule has 2 aromatic rings. The van der Waals surface area contributed by atoms with E-state index in [0.29, 0.717) is 23.3 Å². The van der Waals surface area contributed by atoms with Gasteiger partial charge in [-0.2, -0.15) is 0 Å². The Morgan fingerprint density at radius 2 is 2.18 bits per heavy atom. The lowest BCUT2D eigenvalue weighted by Crippen LogP contribution is -2.33. The quantitative estimate of drug-likeness (QED) is 0.852. The van der Waals surface area contributed by atoms with E-state index in [1.165, 1.54) is 0 Å². The van der Waals surface area contributed by atoms with Gasteiger partial charge < -0.3 is 14.4 Å². The minimum Gasteiger partial charge on any atom is -0.497 e. The van der Waals surface area contributed by atoms with Crippen LogP contribution in [0.25, 0.3) is 10.9 Å². The third kappa shape index (κ3) is 2.60. The lowest BCUT2D eigenvalue weighted by atomic mass is 10.2. The van der Waals surface area contributed by atoms with Crippen LogP contribution in [0.2, 0.25) is 0 Å². The standard InChI is InChI=1S/C16H21N3O3/c1-4-22-15-9-18(2)8-14(15)19-10-17-13-6-5-11(21-3)7-12(13)16(19)20/h5-7,10,14-15H,4,8-9H2,1-3H3/t14-,15-/m0/s1. The second-order valence-corrected chi connectivity index (χ2v) is 5.62. The largest absolute Gasteiger partial charge is 0.497 e. The molecule has 0 unspecified atom stereocenters. The van der Waals surface area contributed by atoms with Crippen LogP contribution in [0.5, 0.6) is 5.75 Å². The van der Waals surface area contributed by atoms with Gasteiger partial charge in [-0.05, 0) is 32.2 Å². The average Bonchev–Trinajstić information content (AvgIpc) is 2.88. The van der Waals surface area contributed by atoms with Crippen LogP contribution in [0.4, 0.5) is 0 Å². The Hall–Kier alpha value is -1.92. The highest BCUT2D eigenvalue weighted by Crippen LogP contribution is 2.23. The van der Waals surface area contributed by atoms with Crippen LogP contribution in [-0.4, -0.2) is 54.4 Å². The summed E-state index contributed by atoms with van der Waals surface area (Å²) in [6.07, 6.45) is 1.64. The summed E-state index contributed by atoms with van der Waals surface area (Å²) in [7, 11) is 3.63. The first-order valence-electron chi connectivity index (χ1n) is 7.49. The molecule has 22 heavy (non-hydrogen) atoms. The van der Waals surface area contributed by atoms with Gasteiger partial charge in [-0.3, -0.25) is 9.36 Å². The molecule has 1 fully saturated rings. The summed E-state index contributed by atoms with van der Waals surface area (Å²) in [5.41, 5.74) is 0.635. The van der Waals surface area contributed by atoms with Crippen molar-refractivity contribution in [1.82, 2.24) is 14.5 Å². The molecule has 1 aromatic carbocycles. The summed E-state index contributed by atoms with van der Waals surface area (Å²) in [6.45, 7) is 4.21. The molecule has 6 heteroatoms. The summed E-state index contributed by atoms with van der Waals surface area (Å²) in [6, 6.07) is 5.35. The molecule has 1 aliphatic heterocycles. The van der Waals surface area contributed by atoms with Crippen molar-refractivity contribution >= 4 is 10.9 Å². The summed E-state index contributed by atoms with van der Waals surface area (Å²) in [4.78, 5) is 19.4. The van der Waals surface area contributed by atoms with E-state index in [-0.39, 0.29) is 17.7 Å². The number of hydrogen-bond donors (Lipinski definition) is 0. The molecular weight excluding hydrogens is 282 g/mol. The SMILES string of the molecule is CCO[C@H]1CN(C)C[C@@H]1n1cnc2ccc(OC)cc2c1=O. The molecule has 1 aromatic heterocycles. The number of hydrogen-bond acceptors (Lipinski definition) is 5. The highest BCUT2D eigenvalue weighted by molar-refractivity contribution is 5.78. The monoisotopic (exact) mass is 303 g/mol. The maximum atomic E-state index is 12.8. The van der Waals surface area contributed by atoms with Crippen LogP contribution in [0, 0.1) is 0 Å². The van der Waals surface area contributed by atoms with Crippen LogP contribution in [-0.2, 0) is 4.74 Å². The Labute approximate surface area is 129 Å². The van der Waals surface area contributed by atoms with Gasteiger partial charge in [0.1, 0.15) is 5.75 Å². The molecule has 0 N–H and O–H groups in total. The number of rotatable bonds is 4. The lowest BCUT2D eigenvalue weighted by molar-refractivity contribution is 0.0459. The number of fused-ring (bicyclic) bond motifs is 1. The molecule has 2 atom stereocenters.